The van der Waals surface area contributed by atoms with Gasteiger partial charge in [-0.25, -0.2) is 9.48 Å². The SMILES string of the molecule is COC(=O)c1ccc2cnn(C3OC3OC(C)(C)C)c2c1. The third-order valence-corrected chi connectivity index (χ3v) is 3.16. The molecule has 0 aliphatic carbocycles. The fourth-order valence-corrected chi connectivity index (χ4v) is 2.18. The number of nitrogens with zero attached hydrogens (tertiary/aromatic N) is 2. The molecular formula is C15H18N2O4. The summed E-state index contributed by atoms with van der Waals surface area (Å²) < 4.78 is 17.8. The predicted molar refractivity (Wildman–Crippen MR) is 75.8 cm³/mol. The molecule has 0 bridgehead atoms. The molecule has 2 unspecified atom stereocenters. The van der Waals surface area contributed by atoms with Crippen LogP contribution >= 0.6 is 0 Å². The maximum absolute atomic E-state index is 11.6. The summed E-state index contributed by atoms with van der Waals surface area (Å²) in [5.41, 5.74) is 1.03. The van der Waals surface area contributed by atoms with Crippen molar-refractivity contribution in [3.8, 4) is 0 Å². The lowest BCUT2D eigenvalue weighted by Crippen LogP contribution is -2.21. The summed E-state index contributed by atoms with van der Waals surface area (Å²) in [4.78, 5) is 11.6. The average molecular weight is 290 g/mol. The highest BCUT2D eigenvalue weighted by Gasteiger charge is 2.45. The molecular weight excluding hydrogens is 272 g/mol. The van der Waals surface area contributed by atoms with Crippen molar-refractivity contribution in [2.75, 3.05) is 7.11 Å². The second kappa shape index (κ2) is 4.82. The lowest BCUT2D eigenvalue weighted by Gasteiger charge is -2.17. The van der Waals surface area contributed by atoms with Gasteiger partial charge in [0.25, 0.3) is 0 Å². The zero-order valence-electron chi connectivity index (χ0n) is 12.5. The van der Waals surface area contributed by atoms with Crippen LogP contribution in [0.1, 0.15) is 37.4 Å². The van der Waals surface area contributed by atoms with E-state index in [1.165, 1.54) is 7.11 Å². The van der Waals surface area contributed by atoms with Gasteiger partial charge in [-0.05, 0) is 32.9 Å². The highest BCUT2D eigenvalue weighted by atomic mass is 16.8. The maximum Gasteiger partial charge on any atom is 0.337 e. The lowest BCUT2D eigenvalue weighted by atomic mass is 10.1. The van der Waals surface area contributed by atoms with Crippen LogP contribution < -0.4 is 0 Å². The van der Waals surface area contributed by atoms with Gasteiger partial charge in [-0.3, -0.25) is 0 Å². The quantitative estimate of drug-likeness (QED) is 0.642. The number of hydrogen-bond donors (Lipinski definition) is 0. The van der Waals surface area contributed by atoms with Crippen LogP contribution in [-0.2, 0) is 14.2 Å². The van der Waals surface area contributed by atoms with Gasteiger partial charge >= 0.3 is 5.97 Å². The van der Waals surface area contributed by atoms with Gasteiger partial charge < -0.3 is 14.2 Å². The minimum absolute atomic E-state index is 0.255. The summed E-state index contributed by atoms with van der Waals surface area (Å²) in [6.07, 6.45) is 1.18. The number of ether oxygens (including phenoxy) is 3. The summed E-state index contributed by atoms with van der Waals surface area (Å²) in [6, 6.07) is 5.31. The van der Waals surface area contributed by atoms with Crippen molar-refractivity contribution in [2.24, 2.45) is 0 Å². The van der Waals surface area contributed by atoms with Crippen LogP contribution in [0.25, 0.3) is 10.9 Å². The smallest absolute Gasteiger partial charge is 0.337 e. The monoisotopic (exact) mass is 290 g/mol. The summed E-state index contributed by atoms with van der Waals surface area (Å²) >= 11 is 0. The van der Waals surface area contributed by atoms with E-state index in [9.17, 15) is 4.79 Å². The molecule has 0 radical (unpaired) electrons. The molecule has 1 fully saturated rings. The standard InChI is InChI=1S/C15H18N2O4/c1-15(2,3)21-14-12(20-14)17-11-7-9(13(18)19-4)5-6-10(11)8-16-17/h5-8,12,14H,1-4H3. The first kappa shape index (κ1) is 14.0. The molecule has 2 aromatic rings. The first-order valence-electron chi connectivity index (χ1n) is 6.78. The fraction of sp³-hybridized carbons (Fsp3) is 0.467. The summed E-state index contributed by atoms with van der Waals surface area (Å²) in [6.45, 7) is 5.92. The molecule has 1 aliphatic rings. The third kappa shape index (κ3) is 2.77. The molecule has 1 aromatic heterocycles. The van der Waals surface area contributed by atoms with Crippen molar-refractivity contribution in [1.82, 2.24) is 9.78 Å². The third-order valence-electron chi connectivity index (χ3n) is 3.16. The fourth-order valence-electron chi connectivity index (χ4n) is 2.18. The Hall–Kier alpha value is -1.92. The van der Waals surface area contributed by atoms with E-state index in [1.807, 2.05) is 26.8 Å². The molecule has 112 valence electrons. The topological polar surface area (TPSA) is 65.9 Å². The Morgan fingerprint density at radius 1 is 1.38 bits per heavy atom. The number of methoxy groups -OCH3 is 1. The van der Waals surface area contributed by atoms with Crippen molar-refractivity contribution in [3.63, 3.8) is 0 Å². The van der Waals surface area contributed by atoms with E-state index >= 15 is 0 Å². The number of epoxide rings is 1. The van der Waals surface area contributed by atoms with E-state index in [0.717, 1.165) is 10.9 Å². The van der Waals surface area contributed by atoms with E-state index < -0.39 is 0 Å². The molecule has 0 N–H and O–H groups in total. The summed E-state index contributed by atoms with van der Waals surface area (Å²) in [5, 5.41) is 5.26. The molecule has 21 heavy (non-hydrogen) atoms. The first-order chi connectivity index (χ1) is 9.89. The Morgan fingerprint density at radius 3 is 2.81 bits per heavy atom. The van der Waals surface area contributed by atoms with Crippen LogP contribution in [0, 0.1) is 0 Å². The van der Waals surface area contributed by atoms with Crippen LogP contribution in [0.3, 0.4) is 0 Å². The Kier molecular flexibility index (Phi) is 3.22. The second-order valence-corrected chi connectivity index (χ2v) is 5.98. The van der Waals surface area contributed by atoms with E-state index in [2.05, 4.69) is 5.10 Å². The molecule has 0 spiro atoms. The van der Waals surface area contributed by atoms with Gasteiger partial charge in [0.15, 0.2) is 0 Å². The normalized spacial score (nSPS) is 21.5. The Bertz CT molecular complexity index is 687. The molecule has 1 aromatic carbocycles. The molecule has 1 aliphatic heterocycles. The number of esters is 1. The van der Waals surface area contributed by atoms with E-state index in [-0.39, 0.29) is 24.1 Å². The van der Waals surface area contributed by atoms with Crippen LogP contribution in [0.2, 0.25) is 0 Å². The number of carbonyl (C=O) groups excluding carboxylic acids is 1. The van der Waals surface area contributed by atoms with Gasteiger partial charge in [0, 0.05) is 5.39 Å². The zero-order chi connectivity index (χ0) is 15.2. The Morgan fingerprint density at radius 2 is 2.14 bits per heavy atom. The largest absolute Gasteiger partial charge is 0.465 e. The number of hydrogen-bond acceptors (Lipinski definition) is 5. The van der Waals surface area contributed by atoms with Crippen LogP contribution in [0.4, 0.5) is 0 Å². The maximum atomic E-state index is 11.6. The van der Waals surface area contributed by atoms with Gasteiger partial charge in [-0.1, -0.05) is 6.07 Å². The minimum Gasteiger partial charge on any atom is -0.465 e. The van der Waals surface area contributed by atoms with Crippen molar-refractivity contribution < 1.29 is 19.0 Å². The number of benzene rings is 1. The number of rotatable bonds is 3. The number of fused-ring (bicyclic) bond motifs is 1. The Balaban J connectivity index is 1.88. The minimum atomic E-state index is -0.371. The van der Waals surface area contributed by atoms with Crippen molar-refractivity contribution in [3.05, 3.63) is 30.0 Å². The van der Waals surface area contributed by atoms with Gasteiger partial charge in [0.05, 0.1) is 30.0 Å². The van der Waals surface area contributed by atoms with Gasteiger partial charge in [0.2, 0.25) is 12.5 Å². The Labute approximate surface area is 122 Å². The average Bonchev–Trinajstić information content (AvgIpc) is 3.02. The first-order valence-corrected chi connectivity index (χ1v) is 6.78. The van der Waals surface area contributed by atoms with E-state index in [1.54, 1.807) is 23.0 Å². The molecule has 1 saturated heterocycles. The van der Waals surface area contributed by atoms with Crippen molar-refractivity contribution >= 4 is 16.9 Å². The molecule has 0 saturated carbocycles. The van der Waals surface area contributed by atoms with Crippen LogP contribution in [-0.4, -0.2) is 34.8 Å². The molecule has 6 heteroatoms. The van der Waals surface area contributed by atoms with E-state index in [0.29, 0.717) is 5.56 Å². The number of aromatic nitrogens is 2. The molecule has 0 amide bonds. The highest BCUT2D eigenvalue weighted by Crippen LogP contribution is 2.38. The van der Waals surface area contributed by atoms with Crippen LogP contribution in [0.15, 0.2) is 24.4 Å². The van der Waals surface area contributed by atoms with Crippen LogP contribution in [0.5, 0.6) is 0 Å². The van der Waals surface area contributed by atoms with Gasteiger partial charge in [0.1, 0.15) is 0 Å². The predicted octanol–water partition coefficient (Wildman–Crippen LogP) is 2.49. The second-order valence-electron chi connectivity index (χ2n) is 5.98. The lowest BCUT2D eigenvalue weighted by molar-refractivity contribution is -0.0573. The van der Waals surface area contributed by atoms with Gasteiger partial charge in [-0.2, -0.15) is 5.10 Å². The number of carbonyl (C=O) groups is 1. The molecule has 3 rings (SSSR count). The summed E-state index contributed by atoms with van der Waals surface area (Å²) in [5.74, 6) is -0.371. The highest BCUT2D eigenvalue weighted by molar-refractivity contribution is 5.94. The molecule has 2 heterocycles. The molecule has 6 nitrogen and oxygen atoms in total. The zero-order valence-corrected chi connectivity index (χ0v) is 12.5. The summed E-state index contributed by atoms with van der Waals surface area (Å²) in [7, 11) is 1.36. The molecule has 2 atom stereocenters. The van der Waals surface area contributed by atoms with E-state index in [4.69, 9.17) is 14.2 Å². The van der Waals surface area contributed by atoms with Crippen molar-refractivity contribution in [1.29, 1.82) is 0 Å². The van der Waals surface area contributed by atoms with Gasteiger partial charge in [-0.15, -0.1) is 0 Å². The van der Waals surface area contributed by atoms with Crippen molar-refractivity contribution in [2.45, 2.75) is 38.9 Å².